The molecular weight excluding hydrogens is 224 g/mol. The van der Waals surface area contributed by atoms with Gasteiger partial charge in [0, 0.05) is 18.8 Å². The summed E-state index contributed by atoms with van der Waals surface area (Å²) in [6.45, 7) is 3.95. The molecule has 1 aromatic carbocycles. The van der Waals surface area contributed by atoms with Gasteiger partial charge in [0.25, 0.3) is 0 Å². The Morgan fingerprint density at radius 2 is 2.00 bits per heavy atom. The first-order valence-electron chi connectivity index (χ1n) is 6.81. The van der Waals surface area contributed by atoms with Crippen molar-refractivity contribution in [3.8, 4) is 0 Å². The maximum absolute atomic E-state index is 12.2. The van der Waals surface area contributed by atoms with Crippen LogP contribution in [0.15, 0.2) is 24.3 Å². The Morgan fingerprint density at radius 3 is 2.56 bits per heavy atom. The number of benzene rings is 1. The molecule has 0 bridgehead atoms. The quantitative estimate of drug-likeness (QED) is 0.784. The van der Waals surface area contributed by atoms with Gasteiger partial charge in [-0.2, -0.15) is 0 Å². The second-order valence-electron chi connectivity index (χ2n) is 5.20. The van der Waals surface area contributed by atoms with Crippen LogP contribution in [0.2, 0.25) is 0 Å². The SMILES string of the molecule is CCCN(CC1CC1)C(=O)Cc1ccc(N)cc1. The molecule has 0 spiro atoms. The summed E-state index contributed by atoms with van der Waals surface area (Å²) in [7, 11) is 0. The third kappa shape index (κ3) is 3.76. The van der Waals surface area contributed by atoms with Gasteiger partial charge < -0.3 is 10.6 Å². The van der Waals surface area contributed by atoms with Crippen LogP contribution in [0.1, 0.15) is 31.7 Å². The summed E-state index contributed by atoms with van der Waals surface area (Å²) in [4.78, 5) is 14.3. The number of amides is 1. The van der Waals surface area contributed by atoms with Crippen LogP contribution < -0.4 is 5.73 Å². The first-order chi connectivity index (χ1) is 8.69. The van der Waals surface area contributed by atoms with Crippen LogP contribution in [0, 0.1) is 5.92 Å². The molecule has 1 aliphatic carbocycles. The Bertz CT molecular complexity index is 395. The lowest BCUT2D eigenvalue weighted by atomic mass is 10.1. The number of anilines is 1. The van der Waals surface area contributed by atoms with E-state index in [9.17, 15) is 4.79 Å². The van der Waals surface area contributed by atoms with Crippen molar-refractivity contribution in [2.24, 2.45) is 5.92 Å². The van der Waals surface area contributed by atoms with E-state index in [0.717, 1.165) is 36.7 Å². The molecule has 3 heteroatoms. The molecule has 0 atom stereocenters. The molecule has 1 fully saturated rings. The zero-order valence-corrected chi connectivity index (χ0v) is 11.1. The number of hydrogen-bond acceptors (Lipinski definition) is 2. The van der Waals surface area contributed by atoms with Crippen molar-refractivity contribution >= 4 is 11.6 Å². The number of rotatable bonds is 6. The van der Waals surface area contributed by atoms with Crippen LogP contribution in [0.25, 0.3) is 0 Å². The molecule has 2 rings (SSSR count). The Balaban J connectivity index is 1.92. The molecule has 98 valence electrons. The largest absolute Gasteiger partial charge is 0.399 e. The fraction of sp³-hybridized carbons (Fsp3) is 0.533. The van der Waals surface area contributed by atoms with E-state index in [4.69, 9.17) is 5.73 Å². The number of nitrogens with two attached hydrogens (primary N) is 1. The van der Waals surface area contributed by atoms with Gasteiger partial charge in [0.15, 0.2) is 0 Å². The maximum Gasteiger partial charge on any atom is 0.226 e. The smallest absolute Gasteiger partial charge is 0.226 e. The fourth-order valence-corrected chi connectivity index (χ4v) is 2.12. The number of hydrogen-bond donors (Lipinski definition) is 1. The highest BCUT2D eigenvalue weighted by Gasteiger charge is 2.26. The molecule has 0 aliphatic heterocycles. The van der Waals surface area contributed by atoms with Crippen LogP contribution in [0.5, 0.6) is 0 Å². The van der Waals surface area contributed by atoms with Gasteiger partial charge in [-0.25, -0.2) is 0 Å². The van der Waals surface area contributed by atoms with Crippen LogP contribution in [0.3, 0.4) is 0 Å². The van der Waals surface area contributed by atoms with Crippen molar-refractivity contribution in [3.05, 3.63) is 29.8 Å². The van der Waals surface area contributed by atoms with Crippen molar-refractivity contribution < 1.29 is 4.79 Å². The lowest BCUT2D eigenvalue weighted by Gasteiger charge is -2.22. The molecule has 0 heterocycles. The second-order valence-corrected chi connectivity index (χ2v) is 5.20. The van der Waals surface area contributed by atoms with Crippen molar-refractivity contribution in [1.82, 2.24) is 4.90 Å². The minimum atomic E-state index is 0.244. The van der Waals surface area contributed by atoms with Crippen molar-refractivity contribution in [2.45, 2.75) is 32.6 Å². The monoisotopic (exact) mass is 246 g/mol. The minimum absolute atomic E-state index is 0.244. The third-order valence-corrected chi connectivity index (χ3v) is 3.36. The van der Waals surface area contributed by atoms with Crippen LogP contribution >= 0.6 is 0 Å². The van der Waals surface area contributed by atoms with Crippen molar-refractivity contribution in [2.75, 3.05) is 18.8 Å². The van der Waals surface area contributed by atoms with E-state index in [1.54, 1.807) is 0 Å². The molecule has 0 aromatic heterocycles. The van der Waals surface area contributed by atoms with E-state index in [0.29, 0.717) is 6.42 Å². The van der Waals surface area contributed by atoms with Gasteiger partial charge in [0.2, 0.25) is 5.91 Å². The summed E-state index contributed by atoms with van der Waals surface area (Å²) in [5.41, 5.74) is 7.44. The molecule has 18 heavy (non-hydrogen) atoms. The summed E-state index contributed by atoms with van der Waals surface area (Å²) in [6, 6.07) is 7.59. The number of nitrogens with zero attached hydrogens (tertiary/aromatic N) is 1. The molecule has 1 aliphatic rings. The van der Waals surface area contributed by atoms with Crippen molar-refractivity contribution in [3.63, 3.8) is 0 Å². The lowest BCUT2D eigenvalue weighted by Crippen LogP contribution is -2.34. The highest BCUT2D eigenvalue weighted by Crippen LogP contribution is 2.29. The molecule has 0 saturated heterocycles. The predicted octanol–water partition coefficient (Wildman–Crippen LogP) is 2.46. The first kappa shape index (κ1) is 12.9. The number of nitrogen functional groups attached to an aromatic ring is 1. The topological polar surface area (TPSA) is 46.3 Å². The molecule has 2 N–H and O–H groups in total. The van der Waals surface area contributed by atoms with E-state index < -0.39 is 0 Å². The molecule has 1 aromatic rings. The second kappa shape index (κ2) is 5.89. The summed E-state index contributed by atoms with van der Waals surface area (Å²) in [5, 5.41) is 0. The number of carbonyl (C=O) groups excluding carboxylic acids is 1. The summed E-state index contributed by atoms with van der Waals surface area (Å²) >= 11 is 0. The zero-order valence-electron chi connectivity index (χ0n) is 11.1. The molecule has 3 nitrogen and oxygen atoms in total. The van der Waals surface area contributed by atoms with Gasteiger partial charge in [-0.3, -0.25) is 4.79 Å². The van der Waals surface area contributed by atoms with Gasteiger partial charge in [-0.05, 0) is 42.9 Å². The van der Waals surface area contributed by atoms with Crippen LogP contribution in [-0.2, 0) is 11.2 Å². The zero-order chi connectivity index (χ0) is 13.0. The van der Waals surface area contributed by atoms with E-state index in [2.05, 4.69) is 6.92 Å². The predicted molar refractivity (Wildman–Crippen MR) is 74.2 cm³/mol. The van der Waals surface area contributed by atoms with Gasteiger partial charge in [0.1, 0.15) is 0 Å². The average molecular weight is 246 g/mol. The number of carbonyl (C=O) groups is 1. The van der Waals surface area contributed by atoms with Crippen LogP contribution in [-0.4, -0.2) is 23.9 Å². The molecule has 1 amide bonds. The van der Waals surface area contributed by atoms with E-state index >= 15 is 0 Å². The van der Waals surface area contributed by atoms with E-state index in [1.165, 1.54) is 12.8 Å². The lowest BCUT2D eigenvalue weighted by molar-refractivity contribution is -0.130. The Labute approximate surface area is 109 Å². The van der Waals surface area contributed by atoms with Gasteiger partial charge >= 0.3 is 0 Å². The Hall–Kier alpha value is -1.51. The van der Waals surface area contributed by atoms with Gasteiger partial charge in [-0.1, -0.05) is 19.1 Å². The Kier molecular flexibility index (Phi) is 4.24. The summed E-state index contributed by atoms with van der Waals surface area (Å²) in [6.07, 6.45) is 4.10. The average Bonchev–Trinajstić information content (AvgIpc) is 3.15. The highest BCUT2D eigenvalue weighted by molar-refractivity contribution is 5.79. The minimum Gasteiger partial charge on any atom is -0.399 e. The maximum atomic E-state index is 12.2. The van der Waals surface area contributed by atoms with Gasteiger partial charge in [0.05, 0.1) is 6.42 Å². The van der Waals surface area contributed by atoms with Crippen molar-refractivity contribution in [1.29, 1.82) is 0 Å². The summed E-state index contributed by atoms with van der Waals surface area (Å²) < 4.78 is 0. The molecule has 0 radical (unpaired) electrons. The third-order valence-electron chi connectivity index (χ3n) is 3.36. The Morgan fingerprint density at radius 1 is 1.33 bits per heavy atom. The van der Waals surface area contributed by atoms with E-state index in [1.807, 2.05) is 29.2 Å². The molecular formula is C15H22N2O. The van der Waals surface area contributed by atoms with Crippen LogP contribution in [0.4, 0.5) is 5.69 Å². The normalized spacial score (nSPS) is 14.5. The highest BCUT2D eigenvalue weighted by atomic mass is 16.2. The fourth-order valence-electron chi connectivity index (χ4n) is 2.12. The van der Waals surface area contributed by atoms with E-state index in [-0.39, 0.29) is 5.91 Å². The summed E-state index contributed by atoms with van der Waals surface area (Å²) in [5.74, 6) is 1.00. The molecule has 1 saturated carbocycles. The standard InChI is InChI=1S/C15H22N2O/c1-2-9-17(11-13-3-4-13)15(18)10-12-5-7-14(16)8-6-12/h5-8,13H,2-4,9-11,16H2,1H3. The first-order valence-corrected chi connectivity index (χ1v) is 6.81. The van der Waals surface area contributed by atoms with Gasteiger partial charge in [-0.15, -0.1) is 0 Å². The molecule has 0 unspecified atom stereocenters.